The number of halogens is 1. The van der Waals surface area contributed by atoms with Gasteiger partial charge in [-0.2, -0.15) is 0 Å². The fourth-order valence-corrected chi connectivity index (χ4v) is 3.50. The maximum Gasteiger partial charge on any atom is 0.0679 e. The highest BCUT2D eigenvalue weighted by Gasteiger charge is 2.16. The van der Waals surface area contributed by atoms with Crippen molar-refractivity contribution in [1.82, 2.24) is 5.32 Å². The first-order valence-corrected chi connectivity index (χ1v) is 7.37. The van der Waals surface area contributed by atoms with Crippen molar-refractivity contribution in [2.75, 3.05) is 7.05 Å². The minimum atomic E-state index is 0.274. The molecule has 2 rings (SSSR count). The summed E-state index contributed by atoms with van der Waals surface area (Å²) in [7, 11) is 2.01. The first kappa shape index (κ1) is 12.8. The zero-order valence-electron chi connectivity index (χ0n) is 10.0. The van der Waals surface area contributed by atoms with Gasteiger partial charge in [0, 0.05) is 14.2 Å². The van der Waals surface area contributed by atoms with E-state index < -0.39 is 0 Å². The van der Waals surface area contributed by atoms with E-state index in [-0.39, 0.29) is 6.04 Å². The molecule has 0 fully saturated rings. The molecule has 3 heteroatoms. The fourth-order valence-electron chi connectivity index (χ4n) is 1.90. The Morgan fingerprint density at radius 2 is 2.00 bits per heavy atom. The lowest BCUT2D eigenvalue weighted by molar-refractivity contribution is 0.701. The van der Waals surface area contributed by atoms with Crippen LogP contribution < -0.4 is 5.32 Å². The third-order valence-corrected chi connectivity index (χ3v) is 4.84. The van der Waals surface area contributed by atoms with Gasteiger partial charge in [-0.3, -0.25) is 0 Å². The molecule has 1 aromatic heterocycles. The molecule has 1 N–H and O–H groups in total. The van der Waals surface area contributed by atoms with Crippen LogP contribution in [-0.2, 0) is 6.42 Å². The van der Waals surface area contributed by atoms with E-state index in [1.54, 1.807) is 0 Å². The molecule has 2 aromatic rings. The van der Waals surface area contributed by atoms with Crippen LogP contribution in [0.5, 0.6) is 0 Å². The summed E-state index contributed by atoms with van der Waals surface area (Å²) in [6.07, 6.45) is 1.11. The lowest BCUT2D eigenvalue weighted by atomic mass is 10.1. The molecule has 1 atom stereocenters. The Labute approximate surface area is 115 Å². The molecule has 0 bridgehead atoms. The second-order valence-corrected chi connectivity index (χ2v) is 5.96. The van der Waals surface area contributed by atoms with Gasteiger partial charge in [-0.25, -0.2) is 0 Å². The van der Waals surface area contributed by atoms with E-state index in [0.29, 0.717) is 0 Å². The van der Waals surface area contributed by atoms with Crippen molar-refractivity contribution < 1.29 is 0 Å². The van der Waals surface area contributed by atoms with Crippen molar-refractivity contribution >= 4 is 27.3 Å². The number of benzene rings is 1. The maximum absolute atomic E-state index is 3.62. The smallest absolute Gasteiger partial charge is 0.0679 e. The molecule has 0 aliphatic rings. The standard InChI is InChI=1S/C14H16BrNS/c1-3-10-8-9-13(17-10)14(16-2)11-6-4-5-7-12(11)15/h4-9,14,16H,3H2,1-2H3. The topological polar surface area (TPSA) is 12.0 Å². The van der Waals surface area contributed by atoms with Crippen LogP contribution in [0.4, 0.5) is 0 Å². The number of aryl methyl sites for hydroxylation is 1. The van der Waals surface area contributed by atoms with Gasteiger partial charge in [-0.1, -0.05) is 41.1 Å². The molecule has 0 radical (unpaired) electrons. The molecule has 1 aromatic carbocycles. The Morgan fingerprint density at radius 1 is 1.24 bits per heavy atom. The number of rotatable bonds is 4. The Balaban J connectivity index is 2.36. The molecule has 0 amide bonds. The largest absolute Gasteiger partial charge is 0.309 e. The Bertz CT molecular complexity index is 492. The van der Waals surface area contributed by atoms with E-state index in [9.17, 15) is 0 Å². The molecule has 0 aliphatic carbocycles. The minimum Gasteiger partial charge on any atom is -0.309 e. The Kier molecular flexibility index (Phi) is 4.37. The van der Waals surface area contributed by atoms with Crippen LogP contribution >= 0.6 is 27.3 Å². The van der Waals surface area contributed by atoms with Crippen molar-refractivity contribution in [1.29, 1.82) is 0 Å². The molecule has 90 valence electrons. The number of nitrogens with one attached hydrogen (secondary N) is 1. The number of hydrogen-bond donors (Lipinski definition) is 1. The predicted octanol–water partition coefficient (Wildman–Crippen LogP) is 4.38. The molecular formula is C14H16BrNS. The van der Waals surface area contributed by atoms with E-state index >= 15 is 0 Å². The highest BCUT2D eigenvalue weighted by molar-refractivity contribution is 9.10. The van der Waals surface area contributed by atoms with E-state index in [0.717, 1.165) is 10.9 Å². The Hall–Kier alpha value is -0.640. The minimum absolute atomic E-state index is 0.274. The van der Waals surface area contributed by atoms with Gasteiger partial charge in [0.1, 0.15) is 0 Å². The quantitative estimate of drug-likeness (QED) is 0.883. The SMILES string of the molecule is CCc1ccc(C(NC)c2ccccc2Br)s1. The highest BCUT2D eigenvalue weighted by Crippen LogP contribution is 2.32. The first-order valence-electron chi connectivity index (χ1n) is 5.76. The fraction of sp³-hybridized carbons (Fsp3) is 0.286. The molecule has 1 heterocycles. The van der Waals surface area contributed by atoms with Crippen molar-refractivity contribution in [3.63, 3.8) is 0 Å². The maximum atomic E-state index is 3.62. The molecule has 1 unspecified atom stereocenters. The zero-order valence-corrected chi connectivity index (χ0v) is 12.4. The molecule has 17 heavy (non-hydrogen) atoms. The summed E-state index contributed by atoms with van der Waals surface area (Å²) in [6, 6.07) is 13.1. The molecule has 0 spiro atoms. The van der Waals surface area contributed by atoms with E-state index in [2.05, 4.69) is 58.5 Å². The molecule has 0 aliphatic heterocycles. The number of thiophene rings is 1. The summed E-state index contributed by atoms with van der Waals surface area (Å²) < 4.78 is 1.16. The lowest BCUT2D eigenvalue weighted by Gasteiger charge is -2.16. The zero-order chi connectivity index (χ0) is 12.3. The van der Waals surface area contributed by atoms with Crippen molar-refractivity contribution in [2.45, 2.75) is 19.4 Å². The molecule has 0 saturated carbocycles. The van der Waals surface area contributed by atoms with Crippen LogP contribution in [0.15, 0.2) is 40.9 Å². The van der Waals surface area contributed by atoms with E-state index in [1.807, 2.05) is 24.5 Å². The van der Waals surface area contributed by atoms with E-state index in [4.69, 9.17) is 0 Å². The summed E-state index contributed by atoms with van der Waals surface area (Å²) in [5, 5.41) is 3.39. The van der Waals surface area contributed by atoms with Crippen LogP contribution in [-0.4, -0.2) is 7.05 Å². The molecular weight excluding hydrogens is 294 g/mol. The van der Waals surface area contributed by atoms with Crippen LogP contribution in [0.25, 0.3) is 0 Å². The summed E-state index contributed by atoms with van der Waals surface area (Å²) in [5.41, 5.74) is 1.29. The first-order chi connectivity index (χ1) is 8.26. The van der Waals surface area contributed by atoms with Gasteiger partial charge in [-0.05, 0) is 37.2 Å². The van der Waals surface area contributed by atoms with Crippen LogP contribution in [0, 0.1) is 0 Å². The summed E-state index contributed by atoms with van der Waals surface area (Å²) >= 11 is 5.51. The van der Waals surface area contributed by atoms with Crippen molar-refractivity contribution in [3.8, 4) is 0 Å². The molecule has 1 nitrogen and oxygen atoms in total. The van der Waals surface area contributed by atoms with Gasteiger partial charge in [-0.15, -0.1) is 11.3 Å². The highest BCUT2D eigenvalue weighted by atomic mass is 79.9. The van der Waals surface area contributed by atoms with Gasteiger partial charge in [0.2, 0.25) is 0 Å². The van der Waals surface area contributed by atoms with Crippen LogP contribution in [0.3, 0.4) is 0 Å². The third kappa shape index (κ3) is 2.79. The van der Waals surface area contributed by atoms with Crippen molar-refractivity contribution in [3.05, 3.63) is 56.2 Å². The number of hydrogen-bond acceptors (Lipinski definition) is 2. The predicted molar refractivity (Wildman–Crippen MR) is 78.7 cm³/mol. The summed E-state index contributed by atoms with van der Waals surface area (Å²) in [6.45, 7) is 2.20. The average molecular weight is 310 g/mol. The summed E-state index contributed by atoms with van der Waals surface area (Å²) in [5.74, 6) is 0. The Morgan fingerprint density at radius 3 is 2.59 bits per heavy atom. The second-order valence-electron chi connectivity index (χ2n) is 3.90. The van der Waals surface area contributed by atoms with Crippen molar-refractivity contribution in [2.24, 2.45) is 0 Å². The van der Waals surface area contributed by atoms with Gasteiger partial charge >= 0.3 is 0 Å². The average Bonchev–Trinajstić information content (AvgIpc) is 2.81. The van der Waals surface area contributed by atoms with Gasteiger partial charge in [0.15, 0.2) is 0 Å². The van der Waals surface area contributed by atoms with Crippen LogP contribution in [0.2, 0.25) is 0 Å². The van der Waals surface area contributed by atoms with Gasteiger partial charge in [0.25, 0.3) is 0 Å². The summed E-state index contributed by atoms with van der Waals surface area (Å²) in [4.78, 5) is 2.81. The lowest BCUT2D eigenvalue weighted by Crippen LogP contribution is -2.16. The van der Waals surface area contributed by atoms with Gasteiger partial charge < -0.3 is 5.32 Å². The monoisotopic (exact) mass is 309 g/mol. The molecule has 0 saturated heterocycles. The van der Waals surface area contributed by atoms with Crippen LogP contribution in [0.1, 0.15) is 28.3 Å². The van der Waals surface area contributed by atoms with Gasteiger partial charge in [0.05, 0.1) is 6.04 Å². The normalized spacial score (nSPS) is 12.6. The van der Waals surface area contributed by atoms with E-state index in [1.165, 1.54) is 15.3 Å². The third-order valence-electron chi connectivity index (χ3n) is 2.82. The second kappa shape index (κ2) is 5.80.